The van der Waals surface area contributed by atoms with Crippen molar-refractivity contribution in [3.8, 4) is 5.75 Å². The quantitative estimate of drug-likeness (QED) is 0.351. The predicted octanol–water partition coefficient (Wildman–Crippen LogP) is 2.02. The Labute approximate surface area is 185 Å². The highest BCUT2D eigenvalue weighted by atomic mass is 19.1. The van der Waals surface area contributed by atoms with E-state index in [2.05, 4.69) is 25.9 Å². The zero-order valence-corrected chi connectivity index (χ0v) is 17.9. The second kappa shape index (κ2) is 12.0. The van der Waals surface area contributed by atoms with Gasteiger partial charge >= 0.3 is 6.03 Å². The van der Waals surface area contributed by atoms with Crippen molar-refractivity contribution in [2.45, 2.75) is 31.7 Å². The van der Waals surface area contributed by atoms with Crippen molar-refractivity contribution in [3.05, 3.63) is 40.8 Å². The number of urea groups is 1. The molecule has 11 heteroatoms. The van der Waals surface area contributed by atoms with Gasteiger partial charge in [0, 0.05) is 25.3 Å². The Morgan fingerprint density at radius 1 is 1.25 bits per heavy atom. The van der Waals surface area contributed by atoms with Crippen LogP contribution >= 0.6 is 0 Å². The molecule has 1 aromatic carbocycles. The number of nitrogens with zero attached hydrogens (tertiary/aromatic N) is 2. The lowest BCUT2D eigenvalue weighted by molar-refractivity contribution is 0.192. The summed E-state index contributed by atoms with van der Waals surface area (Å²) in [5.41, 5.74) is 5.86. The van der Waals surface area contributed by atoms with E-state index in [-0.39, 0.29) is 11.7 Å². The number of H-pyrrole nitrogens is 1. The molecule has 1 aromatic heterocycles. The van der Waals surface area contributed by atoms with Crippen molar-refractivity contribution >= 4 is 23.4 Å². The predicted molar refractivity (Wildman–Crippen MR) is 122 cm³/mol. The number of carbonyl (C=O) groups is 1. The lowest BCUT2D eigenvalue weighted by Crippen LogP contribution is -2.44. The lowest BCUT2D eigenvalue weighted by Gasteiger charge is -2.33. The Bertz CT molecular complexity index is 932. The average molecular weight is 448 g/mol. The summed E-state index contributed by atoms with van der Waals surface area (Å²) in [6.07, 6.45) is 5.51. The van der Waals surface area contributed by atoms with Crippen molar-refractivity contribution in [2.24, 2.45) is 5.73 Å². The van der Waals surface area contributed by atoms with E-state index in [0.717, 1.165) is 45.3 Å². The molecule has 0 unspecified atom stereocenters. The lowest BCUT2D eigenvalue weighted by atomic mass is 10.0. The molecule has 10 nitrogen and oxygen atoms in total. The molecule has 0 radical (unpaired) electrons. The van der Waals surface area contributed by atoms with E-state index in [1.54, 1.807) is 24.4 Å². The molecule has 32 heavy (non-hydrogen) atoms. The molecule has 1 aliphatic rings. The molecule has 0 spiro atoms. The van der Waals surface area contributed by atoms with Crippen molar-refractivity contribution in [1.29, 1.82) is 0 Å². The first-order valence-corrected chi connectivity index (χ1v) is 10.7. The van der Waals surface area contributed by atoms with Crippen LogP contribution in [0.2, 0.25) is 0 Å². The summed E-state index contributed by atoms with van der Waals surface area (Å²) in [5.74, 6) is 0.204. The zero-order valence-electron chi connectivity index (χ0n) is 17.9. The molecule has 174 valence electrons. The number of hydrogen-bond donors (Lipinski definition) is 5. The number of nitrogens with two attached hydrogens (primary N) is 1. The number of carbonyl (C=O) groups excluding carboxylic acids is 1. The highest BCUT2D eigenvalue weighted by molar-refractivity contribution is 5.99. The number of anilines is 3. The summed E-state index contributed by atoms with van der Waals surface area (Å²) in [6.45, 7) is 2.15. The van der Waals surface area contributed by atoms with Gasteiger partial charge in [-0.2, -0.15) is 4.98 Å². The molecule has 0 bridgehead atoms. The fourth-order valence-corrected chi connectivity index (χ4v) is 3.60. The van der Waals surface area contributed by atoms with Crippen LogP contribution in [0.4, 0.5) is 26.5 Å². The van der Waals surface area contributed by atoms with Gasteiger partial charge in [0.1, 0.15) is 11.4 Å². The van der Waals surface area contributed by atoms with Crippen LogP contribution in [0.25, 0.3) is 0 Å². The summed E-state index contributed by atoms with van der Waals surface area (Å²) in [4.78, 5) is 33.5. The van der Waals surface area contributed by atoms with E-state index in [1.807, 2.05) is 4.90 Å². The Hall–Kier alpha value is -3.18. The van der Waals surface area contributed by atoms with Crippen LogP contribution in [-0.4, -0.2) is 55.1 Å². The molecule has 2 amide bonds. The van der Waals surface area contributed by atoms with Crippen LogP contribution in [0.3, 0.4) is 0 Å². The average Bonchev–Trinajstić information content (AvgIpc) is 2.79. The first-order chi connectivity index (χ1) is 15.6. The van der Waals surface area contributed by atoms with Gasteiger partial charge in [-0.1, -0.05) is 12.1 Å². The minimum absolute atomic E-state index is 0.0107. The Morgan fingerprint density at radius 2 is 2.03 bits per heavy atom. The molecule has 1 saturated heterocycles. The third-order valence-electron chi connectivity index (χ3n) is 5.25. The van der Waals surface area contributed by atoms with Crippen molar-refractivity contribution < 1.29 is 13.9 Å². The van der Waals surface area contributed by atoms with Crippen molar-refractivity contribution in [2.75, 3.05) is 48.6 Å². The van der Waals surface area contributed by atoms with E-state index < -0.39 is 18.5 Å². The number of para-hydroxylation sites is 2. The van der Waals surface area contributed by atoms with Crippen LogP contribution in [0.1, 0.15) is 25.7 Å². The second-order valence-electron chi connectivity index (χ2n) is 7.48. The van der Waals surface area contributed by atoms with Crippen LogP contribution < -0.4 is 36.9 Å². The third-order valence-corrected chi connectivity index (χ3v) is 5.25. The smallest absolute Gasteiger partial charge is 0.326 e. The van der Waals surface area contributed by atoms with E-state index in [9.17, 15) is 14.0 Å². The number of amides is 2. The van der Waals surface area contributed by atoms with Gasteiger partial charge in [0.2, 0.25) is 12.8 Å². The van der Waals surface area contributed by atoms with E-state index >= 15 is 0 Å². The number of aromatic amines is 1. The number of benzene rings is 1. The first-order valence-electron chi connectivity index (χ1n) is 10.7. The molecule has 0 aliphatic carbocycles. The van der Waals surface area contributed by atoms with Gasteiger partial charge in [-0.05, 0) is 50.9 Å². The van der Waals surface area contributed by atoms with Crippen molar-refractivity contribution in [3.63, 3.8) is 0 Å². The second-order valence-corrected chi connectivity index (χ2v) is 7.48. The molecule has 0 saturated carbocycles. The largest absolute Gasteiger partial charge is 0.461 e. The molecule has 6 N–H and O–H groups in total. The number of rotatable bonds is 10. The molecule has 2 heterocycles. The minimum atomic E-state index is -1.02. The van der Waals surface area contributed by atoms with Crippen LogP contribution in [0, 0.1) is 0 Å². The number of alkyl halides is 1. The Morgan fingerprint density at radius 3 is 2.75 bits per heavy atom. The van der Waals surface area contributed by atoms with E-state index in [1.165, 1.54) is 6.07 Å². The maximum absolute atomic E-state index is 12.5. The standard InChI is InChI=1S/C21H30FN7O3/c22-14-32-18-6-2-1-5-16(18)26-21(31)28-20-25-13-17(19(30)27-20)29-11-7-15(8-12-29)24-10-4-3-9-23/h1-2,5-6,13,15,24H,3-4,7-12,14,23H2,(H3,25,26,27,28,30,31). The van der Waals surface area contributed by atoms with Gasteiger partial charge in [0.05, 0.1) is 5.69 Å². The monoisotopic (exact) mass is 447 g/mol. The summed E-state index contributed by atoms with van der Waals surface area (Å²) in [5, 5.41) is 8.55. The molecule has 1 aliphatic heterocycles. The highest BCUT2D eigenvalue weighted by Gasteiger charge is 2.21. The fraction of sp³-hybridized carbons (Fsp3) is 0.476. The van der Waals surface area contributed by atoms with Crippen LogP contribution in [0.15, 0.2) is 35.3 Å². The highest BCUT2D eigenvalue weighted by Crippen LogP contribution is 2.24. The van der Waals surface area contributed by atoms with Gasteiger partial charge in [0.25, 0.3) is 5.56 Å². The third kappa shape index (κ3) is 6.66. The number of hydrogen-bond acceptors (Lipinski definition) is 7. The zero-order chi connectivity index (χ0) is 22.8. The van der Waals surface area contributed by atoms with Gasteiger partial charge in [-0.3, -0.25) is 10.1 Å². The molecule has 0 atom stereocenters. The SMILES string of the molecule is NCCCCNC1CCN(c2c[nH]c(NC(=O)Nc3ccccc3OCF)nc2=O)CC1. The number of aromatic nitrogens is 2. The number of unbranched alkanes of at least 4 members (excludes halogenated alkanes) is 1. The Balaban J connectivity index is 1.52. The first kappa shape index (κ1) is 23.5. The normalized spacial score (nSPS) is 14.2. The number of nitrogens with one attached hydrogen (secondary N) is 4. The number of halogens is 1. The van der Waals surface area contributed by atoms with Gasteiger partial charge < -0.3 is 31.0 Å². The summed E-state index contributed by atoms with van der Waals surface area (Å²) >= 11 is 0. The molecular weight excluding hydrogens is 417 g/mol. The van der Waals surface area contributed by atoms with E-state index in [4.69, 9.17) is 10.5 Å². The molecular formula is C21H30FN7O3. The van der Waals surface area contributed by atoms with E-state index in [0.29, 0.717) is 24.0 Å². The topological polar surface area (TPSA) is 137 Å². The molecule has 2 aromatic rings. The van der Waals surface area contributed by atoms with Gasteiger partial charge in [-0.25, -0.2) is 9.18 Å². The maximum atomic E-state index is 12.5. The summed E-state index contributed by atoms with van der Waals surface area (Å²) in [6, 6.07) is 6.23. The number of piperidine rings is 1. The van der Waals surface area contributed by atoms with Crippen LogP contribution in [-0.2, 0) is 0 Å². The fourth-order valence-electron chi connectivity index (χ4n) is 3.60. The van der Waals surface area contributed by atoms with Crippen molar-refractivity contribution in [1.82, 2.24) is 15.3 Å². The summed E-state index contributed by atoms with van der Waals surface area (Å²) in [7, 11) is 0. The van der Waals surface area contributed by atoms with Gasteiger partial charge in [-0.15, -0.1) is 0 Å². The Kier molecular flexibility index (Phi) is 8.81. The molecule has 3 rings (SSSR count). The summed E-state index contributed by atoms with van der Waals surface area (Å²) < 4.78 is 17.3. The maximum Gasteiger partial charge on any atom is 0.326 e. The van der Waals surface area contributed by atoms with Gasteiger partial charge in [0.15, 0.2) is 0 Å². The molecule has 1 fully saturated rings. The minimum Gasteiger partial charge on any atom is -0.461 e. The number of ether oxygens (including phenoxy) is 1. The van der Waals surface area contributed by atoms with Crippen LogP contribution in [0.5, 0.6) is 5.75 Å².